The average Bonchev–Trinajstić information content (AvgIpc) is 2.63. The summed E-state index contributed by atoms with van der Waals surface area (Å²) in [6.07, 6.45) is 8.92. The Morgan fingerprint density at radius 3 is 2.83 bits per heavy atom. The van der Waals surface area contributed by atoms with Crippen molar-refractivity contribution in [1.82, 2.24) is 20.3 Å². The van der Waals surface area contributed by atoms with Gasteiger partial charge in [-0.1, -0.05) is 19.3 Å². The van der Waals surface area contributed by atoms with Crippen LogP contribution in [0.4, 0.5) is 0 Å². The summed E-state index contributed by atoms with van der Waals surface area (Å²) in [6.45, 7) is 0.537. The van der Waals surface area contributed by atoms with Gasteiger partial charge in [-0.05, 0) is 30.9 Å². The highest BCUT2D eigenvalue weighted by molar-refractivity contribution is 5.95. The molecule has 7 heteroatoms. The highest BCUT2D eigenvalue weighted by atomic mass is 16.3. The number of nitrogens with one attached hydrogen (secondary N) is 2. The van der Waals surface area contributed by atoms with Gasteiger partial charge in [-0.3, -0.25) is 14.6 Å². The van der Waals surface area contributed by atoms with Crippen molar-refractivity contribution >= 4 is 5.91 Å². The zero-order valence-electron chi connectivity index (χ0n) is 13.3. The van der Waals surface area contributed by atoms with Gasteiger partial charge in [-0.2, -0.15) is 0 Å². The number of amides is 1. The van der Waals surface area contributed by atoms with E-state index in [-0.39, 0.29) is 11.5 Å². The molecule has 1 aliphatic rings. The van der Waals surface area contributed by atoms with Gasteiger partial charge in [0.2, 0.25) is 5.75 Å². The zero-order chi connectivity index (χ0) is 16.9. The molecule has 3 N–H and O–H groups in total. The minimum atomic E-state index is -0.744. The van der Waals surface area contributed by atoms with Crippen LogP contribution in [-0.2, 0) is 0 Å². The van der Waals surface area contributed by atoms with Crippen LogP contribution in [0, 0.1) is 5.92 Å². The second-order valence-electron chi connectivity index (χ2n) is 6.07. The third kappa shape index (κ3) is 3.61. The van der Waals surface area contributed by atoms with Crippen molar-refractivity contribution in [2.75, 3.05) is 6.54 Å². The van der Waals surface area contributed by atoms with Crippen molar-refractivity contribution in [2.24, 2.45) is 5.92 Å². The maximum Gasteiger partial charge on any atom is 0.294 e. The molecule has 1 aliphatic carbocycles. The Morgan fingerprint density at radius 2 is 2.12 bits per heavy atom. The molecule has 2 heterocycles. The Labute approximate surface area is 139 Å². The molecule has 0 spiro atoms. The van der Waals surface area contributed by atoms with Crippen LogP contribution in [0.5, 0.6) is 5.75 Å². The monoisotopic (exact) mass is 328 g/mol. The van der Waals surface area contributed by atoms with Crippen molar-refractivity contribution in [3.05, 3.63) is 40.6 Å². The molecule has 0 aliphatic heterocycles. The predicted octanol–water partition coefficient (Wildman–Crippen LogP) is 1.85. The number of rotatable bonds is 4. The second kappa shape index (κ2) is 7.25. The first-order valence-corrected chi connectivity index (χ1v) is 8.17. The molecule has 3 rings (SSSR count). The maximum absolute atomic E-state index is 12.3. The normalized spacial score (nSPS) is 15.2. The van der Waals surface area contributed by atoms with E-state index < -0.39 is 17.2 Å². The van der Waals surface area contributed by atoms with Crippen molar-refractivity contribution in [3.8, 4) is 17.1 Å². The first-order valence-electron chi connectivity index (χ1n) is 8.17. The third-order valence-electron chi connectivity index (χ3n) is 4.32. The van der Waals surface area contributed by atoms with Gasteiger partial charge in [0.15, 0.2) is 5.69 Å². The number of aromatic amines is 1. The fraction of sp³-hybridized carbons (Fsp3) is 0.412. The molecule has 0 saturated heterocycles. The zero-order valence-corrected chi connectivity index (χ0v) is 13.3. The van der Waals surface area contributed by atoms with Gasteiger partial charge < -0.3 is 15.4 Å². The Kier molecular flexibility index (Phi) is 4.88. The summed E-state index contributed by atoms with van der Waals surface area (Å²) < 4.78 is 0. The topological polar surface area (TPSA) is 108 Å². The number of carbonyl (C=O) groups is 1. The highest BCUT2D eigenvalue weighted by Gasteiger charge is 2.20. The van der Waals surface area contributed by atoms with E-state index >= 15 is 0 Å². The lowest BCUT2D eigenvalue weighted by molar-refractivity contribution is 0.0935. The largest absolute Gasteiger partial charge is 0.501 e. The van der Waals surface area contributed by atoms with E-state index in [0.29, 0.717) is 18.0 Å². The number of aromatic hydroxyl groups is 1. The quantitative estimate of drug-likeness (QED) is 0.794. The van der Waals surface area contributed by atoms with Crippen LogP contribution in [0.3, 0.4) is 0 Å². The van der Waals surface area contributed by atoms with Gasteiger partial charge in [0.25, 0.3) is 11.5 Å². The number of pyridine rings is 1. The molecular weight excluding hydrogens is 308 g/mol. The van der Waals surface area contributed by atoms with Crippen molar-refractivity contribution in [2.45, 2.75) is 32.1 Å². The summed E-state index contributed by atoms with van der Waals surface area (Å²) in [5, 5.41) is 12.7. The number of nitrogens with zero attached hydrogens (tertiary/aromatic N) is 2. The maximum atomic E-state index is 12.3. The number of carbonyl (C=O) groups excluding carboxylic acids is 1. The van der Waals surface area contributed by atoms with Gasteiger partial charge in [0.1, 0.15) is 5.82 Å². The molecule has 2 aromatic rings. The fourth-order valence-electron chi connectivity index (χ4n) is 2.98. The molecule has 1 saturated carbocycles. The van der Waals surface area contributed by atoms with Crippen molar-refractivity contribution in [3.63, 3.8) is 0 Å². The van der Waals surface area contributed by atoms with Crippen molar-refractivity contribution in [1.29, 1.82) is 0 Å². The van der Waals surface area contributed by atoms with Crippen LogP contribution in [0.2, 0.25) is 0 Å². The molecular formula is C17H20N4O3. The Morgan fingerprint density at radius 1 is 1.33 bits per heavy atom. The van der Waals surface area contributed by atoms with Crippen LogP contribution in [0.15, 0.2) is 29.3 Å². The summed E-state index contributed by atoms with van der Waals surface area (Å²) >= 11 is 0. The summed E-state index contributed by atoms with van der Waals surface area (Å²) in [5.41, 5.74) is -0.434. The summed E-state index contributed by atoms with van der Waals surface area (Å²) in [4.78, 5) is 34.8. The summed E-state index contributed by atoms with van der Waals surface area (Å²) in [7, 11) is 0. The number of aromatic nitrogens is 3. The molecule has 0 unspecified atom stereocenters. The van der Waals surface area contributed by atoms with Crippen LogP contribution in [0.1, 0.15) is 42.6 Å². The van der Waals surface area contributed by atoms with E-state index in [0.717, 1.165) is 12.8 Å². The lowest BCUT2D eigenvalue weighted by atomic mass is 9.89. The predicted molar refractivity (Wildman–Crippen MR) is 88.7 cm³/mol. The van der Waals surface area contributed by atoms with Crippen LogP contribution in [-0.4, -0.2) is 32.5 Å². The minimum Gasteiger partial charge on any atom is -0.501 e. The molecule has 7 nitrogen and oxygen atoms in total. The molecule has 126 valence electrons. The minimum absolute atomic E-state index is 0.203. The first kappa shape index (κ1) is 16.2. The fourth-order valence-corrected chi connectivity index (χ4v) is 2.98. The molecule has 0 radical (unpaired) electrons. The third-order valence-corrected chi connectivity index (χ3v) is 4.32. The van der Waals surface area contributed by atoms with Crippen LogP contribution < -0.4 is 10.9 Å². The highest BCUT2D eigenvalue weighted by Crippen LogP contribution is 2.23. The molecule has 0 atom stereocenters. The number of hydrogen-bond donors (Lipinski definition) is 3. The number of H-pyrrole nitrogens is 1. The SMILES string of the molecule is O=C(NCC1CCCCC1)c1nc(-c2cccnc2)[nH]c(=O)c1O. The van der Waals surface area contributed by atoms with Crippen LogP contribution in [0.25, 0.3) is 11.4 Å². The first-order chi connectivity index (χ1) is 11.6. The van der Waals surface area contributed by atoms with E-state index in [1.165, 1.54) is 25.5 Å². The molecule has 0 bridgehead atoms. The Bertz CT molecular complexity index is 767. The Balaban J connectivity index is 1.80. The smallest absolute Gasteiger partial charge is 0.294 e. The van der Waals surface area contributed by atoms with E-state index in [9.17, 15) is 14.7 Å². The summed E-state index contributed by atoms with van der Waals surface area (Å²) in [6, 6.07) is 3.41. The summed E-state index contributed by atoms with van der Waals surface area (Å²) in [5.74, 6) is -0.545. The van der Waals surface area contributed by atoms with E-state index in [4.69, 9.17) is 0 Å². The molecule has 2 aromatic heterocycles. The van der Waals surface area contributed by atoms with Crippen LogP contribution >= 0.6 is 0 Å². The molecule has 0 aromatic carbocycles. The molecule has 1 fully saturated rings. The lowest BCUT2D eigenvalue weighted by Crippen LogP contribution is -2.32. The standard InChI is InChI=1S/C17H20N4O3/c22-14-13(16(23)19-9-11-5-2-1-3-6-11)20-15(21-17(14)24)12-7-4-8-18-10-12/h4,7-8,10-11,22H,1-3,5-6,9H2,(H,19,23)(H,20,21,24). The van der Waals surface area contributed by atoms with E-state index in [2.05, 4.69) is 20.3 Å². The second-order valence-corrected chi connectivity index (χ2v) is 6.07. The Hall–Kier alpha value is -2.70. The van der Waals surface area contributed by atoms with Gasteiger partial charge in [-0.15, -0.1) is 0 Å². The van der Waals surface area contributed by atoms with Gasteiger partial charge >= 0.3 is 0 Å². The van der Waals surface area contributed by atoms with Gasteiger partial charge in [0.05, 0.1) is 0 Å². The van der Waals surface area contributed by atoms with E-state index in [1.807, 2.05) is 0 Å². The van der Waals surface area contributed by atoms with Gasteiger partial charge in [-0.25, -0.2) is 4.98 Å². The molecule has 1 amide bonds. The van der Waals surface area contributed by atoms with E-state index in [1.54, 1.807) is 18.3 Å². The van der Waals surface area contributed by atoms with Crippen molar-refractivity contribution < 1.29 is 9.90 Å². The number of hydrogen-bond acceptors (Lipinski definition) is 5. The molecule has 24 heavy (non-hydrogen) atoms. The average molecular weight is 328 g/mol. The van der Waals surface area contributed by atoms with Gasteiger partial charge in [0, 0.05) is 24.5 Å². The lowest BCUT2D eigenvalue weighted by Gasteiger charge is -2.21.